The fourth-order valence-electron chi connectivity index (χ4n) is 3.36. The second kappa shape index (κ2) is 7.25. The van der Waals surface area contributed by atoms with Gasteiger partial charge in [0.15, 0.2) is 17.5 Å². The minimum atomic E-state index is -3.32. The van der Waals surface area contributed by atoms with Gasteiger partial charge >= 0.3 is 0 Å². The standard InChI is InChI=1S/C18H21F3N4O2S/c1-9(2)14-5-4-11-15(28(22,27)24-14)8-25(3)17(11)18(26)23-10-6-12(19)16(21)13(20)7-10/h6-9,14H,4-5H2,1-3H3,(H,23,26)(H2,22,24,27)/t14-,28?/m1/s1. The molecule has 1 aromatic heterocycles. The fraction of sp³-hybridized carbons (Fsp3) is 0.389. The van der Waals surface area contributed by atoms with E-state index in [1.807, 2.05) is 13.8 Å². The van der Waals surface area contributed by atoms with Crippen LogP contribution in [0.3, 0.4) is 0 Å². The molecule has 0 bridgehead atoms. The zero-order valence-corrected chi connectivity index (χ0v) is 16.4. The topological polar surface area (TPSA) is 87.0 Å². The van der Waals surface area contributed by atoms with Crippen molar-refractivity contribution in [3.05, 3.63) is 47.0 Å². The van der Waals surface area contributed by atoms with E-state index in [2.05, 4.69) is 10.0 Å². The van der Waals surface area contributed by atoms with Gasteiger partial charge in [0, 0.05) is 42.7 Å². The van der Waals surface area contributed by atoms with Crippen molar-refractivity contribution in [1.82, 2.24) is 9.29 Å². The summed E-state index contributed by atoms with van der Waals surface area (Å²) in [7, 11) is -1.76. The Morgan fingerprint density at radius 1 is 1.32 bits per heavy atom. The molecule has 2 atom stereocenters. The molecule has 152 valence electrons. The van der Waals surface area contributed by atoms with Crippen molar-refractivity contribution >= 4 is 21.5 Å². The van der Waals surface area contributed by atoms with Gasteiger partial charge in [-0.25, -0.2) is 26.9 Å². The summed E-state index contributed by atoms with van der Waals surface area (Å²) in [5.74, 6) is -5.00. The molecular weight excluding hydrogens is 393 g/mol. The minimum absolute atomic E-state index is 0.145. The van der Waals surface area contributed by atoms with Gasteiger partial charge in [0.05, 0.1) is 4.90 Å². The Morgan fingerprint density at radius 2 is 1.93 bits per heavy atom. The molecule has 0 radical (unpaired) electrons. The van der Waals surface area contributed by atoms with Crippen LogP contribution in [0.5, 0.6) is 0 Å². The highest BCUT2D eigenvalue weighted by atomic mass is 32.2. The number of carbonyl (C=O) groups is 1. The molecule has 1 aliphatic heterocycles. The van der Waals surface area contributed by atoms with Gasteiger partial charge in [-0.1, -0.05) is 13.8 Å². The first kappa shape index (κ1) is 20.4. The van der Waals surface area contributed by atoms with E-state index in [1.54, 1.807) is 7.05 Å². The van der Waals surface area contributed by atoms with Crippen LogP contribution < -0.4 is 10.0 Å². The number of anilines is 1. The predicted molar refractivity (Wildman–Crippen MR) is 98.9 cm³/mol. The Morgan fingerprint density at radius 3 is 2.50 bits per heavy atom. The lowest BCUT2D eigenvalue weighted by Gasteiger charge is -2.20. The summed E-state index contributed by atoms with van der Waals surface area (Å²) in [5, 5.41) is 2.35. The number of halogens is 3. The Kier molecular flexibility index (Phi) is 5.28. The first-order valence-corrected chi connectivity index (χ1v) is 10.3. The molecule has 10 heteroatoms. The van der Waals surface area contributed by atoms with Crippen LogP contribution in [0, 0.1) is 28.1 Å². The molecule has 2 heterocycles. The summed E-state index contributed by atoms with van der Waals surface area (Å²) in [5.41, 5.74) is 0.361. The van der Waals surface area contributed by atoms with Crippen LogP contribution in [0.15, 0.2) is 23.2 Å². The minimum Gasteiger partial charge on any atom is -0.345 e. The molecule has 1 amide bonds. The van der Waals surface area contributed by atoms with Crippen molar-refractivity contribution in [2.24, 2.45) is 13.0 Å². The lowest BCUT2D eigenvalue weighted by atomic mass is 9.97. The number of hydrogen-bond donors (Lipinski definition) is 3. The molecule has 0 spiro atoms. The number of aromatic nitrogens is 1. The van der Waals surface area contributed by atoms with E-state index >= 15 is 0 Å². The van der Waals surface area contributed by atoms with E-state index in [4.69, 9.17) is 4.78 Å². The van der Waals surface area contributed by atoms with E-state index in [0.29, 0.717) is 30.5 Å². The van der Waals surface area contributed by atoms with Crippen LogP contribution in [0.1, 0.15) is 36.3 Å². The van der Waals surface area contributed by atoms with Crippen LogP contribution in [0.25, 0.3) is 0 Å². The normalized spacial score (nSPS) is 22.0. The van der Waals surface area contributed by atoms with E-state index in [1.165, 1.54) is 10.8 Å². The van der Waals surface area contributed by atoms with Gasteiger partial charge < -0.3 is 9.88 Å². The molecule has 0 saturated heterocycles. The monoisotopic (exact) mass is 414 g/mol. The summed E-state index contributed by atoms with van der Waals surface area (Å²) in [4.78, 5) is 13.0. The molecule has 28 heavy (non-hydrogen) atoms. The second-order valence-electron chi connectivity index (χ2n) is 7.20. The Hall–Kier alpha value is -2.33. The fourth-order valence-corrected chi connectivity index (χ4v) is 5.15. The molecule has 2 aromatic rings. The van der Waals surface area contributed by atoms with E-state index in [-0.39, 0.29) is 28.2 Å². The Labute approximate surface area is 161 Å². The number of nitrogens with one attached hydrogen (secondary N) is 3. The third-order valence-corrected chi connectivity index (χ3v) is 6.45. The predicted octanol–water partition coefficient (Wildman–Crippen LogP) is 3.58. The number of rotatable bonds is 3. The van der Waals surface area contributed by atoms with Gasteiger partial charge in [0.2, 0.25) is 0 Å². The van der Waals surface area contributed by atoms with E-state index in [0.717, 1.165) is 0 Å². The summed E-state index contributed by atoms with van der Waals surface area (Å²) >= 11 is 0. The number of amides is 1. The number of carbonyl (C=O) groups excluding carboxylic acids is 1. The maximum Gasteiger partial charge on any atom is 0.272 e. The molecule has 1 aromatic carbocycles. The lowest BCUT2D eigenvalue weighted by Crippen LogP contribution is -2.36. The lowest BCUT2D eigenvalue weighted by molar-refractivity contribution is 0.101. The molecule has 6 nitrogen and oxygen atoms in total. The van der Waals surface area contributed by atoms with E-state index < -0.39 is 33.3 Å². The highest BCUT2D eigenvalue weighted by Gasteiger charge is 2.32. The zero-order chi connectivity index (χ0) is 20.8. The average Bonchev–Trinajstić information content (AvgIpc) is 2.87. The van der Waals surface area contributed by atoms with Crippen molar-refractivity contribution in [2.75, 3.05) is 5.32 Å². The van der Waals surface area contributed by atoms with Crippen molar-refractivity contribution in [1.29, 1.82) is 4.78 Å². The van der Waals surface area contributed by atoms with Crippen molar-refractivity contribution < 1.29 is 22.2 Å². The van der Waals surface area contributed by atoms with Crippen molar-refractivity contribution in [3.8, 4) is 0 Å². The van der Waals surface area contributed by atoms with Crippen molar-refractivity contribution in [2.45, 2.75) is 37.6 Å². The molecule has 3 N–H and O–H groups in total. The summed E-state index contributed by atoms with van der Waals surface area (Å²) in [6.07, 6.45) is 2.45. The van der Waals surface area contributed by atoms with Crippen LogP contribution in [-0.2, 0) is 23.4 Å². The van der Waals surface area contributed by atoms with Crippen LogP contribution in [0.2, 0.25) is 0 Å². The molecule has 0 saturated carbocycles. The smallest absolute Gasteiger partial charge is 0.272 e. The van der Waals surface area contributed by atoms with Gasteiger partial charge in [-0.15, -0.1) is 0 Å². The molecule has 1 aliphatic rings. The third-order valence-electron chi connectivity index (χ3n) is 4.84. The van der Waals surface area contributed by atoms with Gasteiger partial charge in [-0.3, -0.25) is 4.79 Å². The molecule has 0 aliphatic carbocycles. The quantitative estimate of drug-likeness (QED) is 0.671. The molecular formula is C18H21F3N4O2S. The molecule has 3 rings (SSSR count). The summed E-state index contributed by atoms with van der Waals surface area (Å²) in [6.45, 7) is 3.91. The van der Waals surface area contributed by atoms with Crippen LogP contribution in [0.4, 0.5) is 18.9 Å². The van der Waals surface area contributed by atoms with Crippen LogP contribution in [-0.4, -0.2) is 20.7 Å². The third kappa shape index (κ3) is 3.66. The average molecular weight is 414 g/mol. The van der Waals surface area contributed by atoms with Gasteiger partial charge in [-0.05, 0) is 18.8 Å². The number of fused-ring (bicyclic) bond motifs is 1. The number of nitrogens with zero attached hydrogens (tertiary/aromatic N) is 1. The highest BCUT2D eigenvalue weighted by molar-refractivity contribution is 7.90. The summed E-state index contributed by atoms with van der Waals surface area (Å²) < 4.78 is 65.4. The molecule has 1 unspecified atom stereocenters. The highest BCUT2D eigenvalue weighted by Crippen LogP contribution is 2.30. The van der Waals surface area contributed by atoms with Gasteiger partial charge in [0.1, 0.15) is 15.6 Å². The number of benzene rings is 1. The SMILES string of the molecule is CC(C)[C@H]1CCc2c(cn(C)c2C(=O)Nc2cc(F)c(F)c(F)c2)S(=N)(=O)N1. The Bertz CT molecular complexity index is 1020. The number of hydrogen-bond acceptors (Lipinski definition) is 3. The first-order valence-electron chi connectivity index (χ1n) is 8.71. The largest absolute Gasteiger partial charge is 0.345 e. The zero-order valence-electron chi connectivity index (χ0n) is 15.6. The van der Waals surface area contributed by atoms with E-state index in [9.17, 15) is 22.2 Å². The summed E-state index contributed by atoms with van der Waals surface area (Å²) in [6, 6.07) is 1.21. The van der Waals surface area contributed by atoms with Gasteiger partial charge in [0.25, 0.3) is 5.91 Å². The second-order valence-corrected chi connectivity index (χ2v) is 8.99. The number of aryl methyl sites for hydroxylation is 1. The first-order chi connectivity index (χ1) is 13.0. The maximum absolute atomic E-state index is 13.4. The van der Waals surface area contributed by atoms with Gasteiger partial charge in [-0.2, -0.15) is 0 Å². The maximum atomic E-state index is 13.4. The molecule has 0 fully saturated rings. The van der Waals surface area contributed by atoms with Crippen LogP contribution >= 0.6 is 0 Å². The van der Waals surface area contributed by atoms with Crippen molar-refractivity contribution in [3.63, 3.8) is 0 Å². The Balaban J connectivity index is 1.99.